The van der Waals surface area contributed by atoms with Crippen LogP contribution in [-0.4, -0.2) is 139 Å². The summed E-state index contributed by atoms with van der Waals surface area (Å²) < 4.78 is 24.2. The van der Waals surface area contributed by atoms with E-state index < -0.39 is 90.9 Å². The number of aliphatic carboxylic acids is 1. The number of fused-ring (bicyclic) bond motifs is 2. The first-order chi connectivity index (χ1) is 25.7. The van der Waals surface area contributed by atoms with E-state index in [-0.39, 0.29) is 52.6 Å². The van der Waals surface area contributed by atoms with Crippen molar-refractivity contribution in [3.05, 3.63) is 11.6 Å². The van der Waals surface area contributed by atoms with Crippen LogP contribution in [0.15, 0.2) is 11.6 Å². The Bertz CT molecular complexity index is 1470. The van der Waals surface area contributed by atoms with E-state index in [9.17, 15) is 50.8 Å². The van der Waals surface area contributed by atoms with Gasteiger partial charge < -0.3 is 64.9 Å². The molecule has 7 rings (SSSR count). The number of rotatable bonds is 10. The Morgan fingerprint density at radius 1 is 0.855 bits per heavy atom. The second-order valence-electron chi connectivity index (χ2n) is 19.6. The summed E-state index contributed by atoms with van der Waals surface area (Å²) in [6.45, 7) is 11.8. The van der Waals surface area contributed by atoms with E-state index in [1.807, 2.05) is 0 Å². The summed E-state index contributed by atoms with van der Waals surface area (Å²) in [6.07, 6.45) is -5.78. The fourth-order valence-corrected chi connectivity index (χ4v) is 13.9. The van der Waals surface area contributed by atoms with Crippen LogP contribution < -0.4 is 0 Å². The summed E-state index contributed by atoms with van der Waals surface area (Å²) in [5.41, 5.74) is -1.21. The standard InChI is InChI=1S/C41H66O14/c1-19(8-7-9-20(2)34(50)51)21-14-26(44)39(6)25-11-10-24-37(3,4)28(12-13-40(24)18-41(25,40)15-27(45)38(21,39)5)54-36-33(29(46)22(43)17-52-36)55-35-32(49)31(48)30(47)23(16-42)53-35/h9,19,21-33,35-36,42-49H,7-8,10-18H2,1-6H3,(H,50,51)/b20-9+/t19-,21+,22+,23+,24+,25+,26+,27+,28+,29+,30+,31-,32+,33-,35+,36+,38+,39-,40-,41+/m1/s1. The third-order valence-electron chi connectivity index (χ3n) is 17.2. The Kier molecular flexibility index (Phi) is 11.0. The zero-order valence-corrected chi connectivity index (χ0v) is 33.2. The molecule has 0 unspecified atom stereocenters. The number of allylic oxidation sites excluding steroid dienone is 1. The summed E-state index contributed by atoms with van der Waals surface area (Å²) in [5, 5.41) is 96.3. The smallest absolute Gasteiger partial charge is 0.330 e. The molecule has 2 heterocycles. The van der Waals surface area contributed by atoms with Gasteiger partial charge in [0.05, 0.1) is 31.5 Å². The monoisotopic (exact) mass is 782 g/mol. The maximum absolute atomic E-state index is 12.4. The van der Waals surface area contributed by atoms with Crippen LogP contribution in [0.4, 0.5) is 0 Å². The normalized spacial score (nSPS) is 53.7. The van der Waals surface area contributed by atoms with Gasteiger partial charge in [0.15, 0.2) is 12.6 Å². The SMILES string of the molecule is C/C(=C\CC[C@@H](C)[C@@H]1C[C@H](O)[C@@]2(C)[C@@H]3CC[C@H]4C(C)(C)[C@@H](O[C@@H]5OC[C@H](O)[C@H](O)[C@H]5O[C@@H]5O[C@@H](CO)[C@H](O)[C@@H](O)[C@@H]5O)CC[C@@]45C[C@@]35C[C@H](O)[C@]12C)C(=O)O. The summed E-state index contributed by atoms with van der Waals surface area (Å²) >= 11 is 0. The Hall–Kier alpha value is -1.27. The first kappa shape index (κ1) is 41.9. The van der Waals surface area contributed by atoms with Crippen molar-refractivity contribution in [2.75, 3.05) is 13.2 Å². The molecule has 0 aromatic rings. The van der Waals surface area contributed by atoms with Gasteiger partial charge in [-0.2, -0.15) is 0 Å². The van der Waals surface area contributed by atoms with E-state index in [2.05, 4.69) is 34.6 Å². The van der Waals surface area contributed by atoms with Gasteiger partial charge in [-0.3, -0.25) is 0 Å². The second kappa shape index (κ2) is 14.5. The lowest BCUT2D eigenvalue weighted by Gasteiger charge is -2.65. The highest BCUT2D eigenvalue weighted by Gasteiger charge is 2.85. The quantitative estimate of drug-likeness (QED) is 0.113. The lowest BCUT2D eigenvalue weighted by atomic mass is 9.40. The predicted molar refractivity (Wildman–Crippen MR) is 195 cm³/mol. The Morgan fingerprint density at radius 3 is 2.22 bits per heavy atom. The van der Waals surface area contributed by atoms with Crippen LogP contribution in [0, 0.1) is 50.7 Å². The summed E-state index contributed by atoms with van der Waals surface area (Å²) in [6, 6.07) is 0. The number of carboxylic acid groups (broad SMARTS) is 1. The van der Waals surface area contributed by atoms with Crippen LogP contribution in [0.25, 0.3) is 0 Å². The van der Waals surface area contributed by atoms with Crippen molar-refractivity contribution < 1.29 is 69.7 Å². The molecule has 2 aliphatic heterocycles. The van der Waals surface area contributed by atoms with E-state index in [1.165, 1.54) is 0 Å². The largest absolute Gasteiger partial charge is 0.478 e. The minimum Gasteiger partial charge on any atom is -0.478 e. The maximum atomic E-state index is 12.4. The van der Waals surface area contributed by atoms with Crippen LogP contribution in [-0.2, 0) is 23.7 Å². The highest BCUT2D eigenvalue weighted by molar-refractivity contribution is 5.85. The predicted octanol–water partition coefficient (Wildman–Crippen LogP) is 1.46. The molecule has 7 aliphatic rings. The third kappa shape index (κ3) is 6.05. The number of hydrogen-bond acceptors (Lipinski definition) is 13. The van der Waals surface area contributed by atoms with E-state index in [0.717, 1.165) is 32.1 Å². The Balaban J connectivity index is 1.08. The zero-order valence-electron chi connectivity index (χ0n) is 33.2. The lowest BCUT2D eigenvalue weighted by molar-refractivity contribution is -0.366. The molecule has 0 bridgehead atoms. The van der Waals surface area contributed by atoms with Gasteiger partial charge in [-0.15, -0.1) is 0 Å². The first-order valence-corrected chi connectivity index (χ1v) is 20.6. The van der Waals surface area contributed by atoms with Gasteiger partial charge in [0.2, 0.25) is 0 Å². The van der Waals surface area contributed by atoms with E-state index in [0.29, 0.717) is 31.3 Å². The average molecular weight is 783 g/mol. The van der Waals surface area contributed by atoms with Gasteiger partial charge in [-0.05, 0) is 105 Å². The molecule has 0 aromatic carbocycles. The molecular weight excluding hydrogens is 716 g/mol. The average Bonchev–Trinajstić information content (AvgIpc) is 3.73. The Morgan fingerprint density at radius 2 is 1.55 bits per heavy atom. The van der Waals surface area contributed by atoms with Gasteiger partial charge >= 0.3 is 5.97 Å². The van der Waals surface area contributed by atoms with E-state index in [4.69, 9.17) is 18.9 Å². The fourth-order valence-electron chi connectivity index (χ4n) is 13.9. The lowest BCUT2D eigenvalue weighted by Crippen LogP contribution is -2.65. The molecule has 55 heavy (non-hydrogen) atoms. The fraction of sp³-hybridized carbons (Fsp3) is 0.927. The molecule has 9 N–H and O–H groups in total. The summed E-state index contributed by atoms with van der Waals surface area (Å²) in [7, 11) is 0. The molecule has 0 amide bonds. The van der Waals surface area contributed by atoms with Crippen molar-refractivity contribution in [1.29, 1.82) is 0 Å². The van der Waals surface area contributed by atoms with Crippen LogP contribution in [0.5, 0.6) is 0 Å². The van der Waals surface area contributed by atoms with Crippen LogP contribution in [0.1, 0.15) is 99.3 Å². The molecule has 2 saturated heterocycles. The summed E-state index contributed by atoms with van der Waals surface area (Å²) in [5.74, 6) is -0.172. The molecule has 2 spiro atoms. The number of carbonyl (C=O) groups is 1. The van der Waals surface area contributed by atoms with Crippen molar-refractivity contribution in [1.82, 2.24) is 0 Å². The highest BCUT2D eigenvalue weighted by Crippen LogP contribution is 2.89. The van der Waals surface area contributed by atoms with Crippen molar-refractivity contribution in [2.24, 2.45) is 50.7 Å². The summed E-state index contributed by atoms with van der Waals surface area (Å²) in [4.78, 5) is 11.4. The Labute approximate surface area is 323 Å². The minimum atomic E-state index is -1.71. The van der Waals surface area contributed by atoms with Gasteiger partial charge in [0.1, 0.15) is 42.7 Å². The number of hydrogen-bond donors (Lipinski definition) is 9. The molecular formula is C41H66O14. The number of aliphatic hydroxyl groups is 8. The molecule has 7 fully saturated rings. The van der Waals surface area contributed by atoms with Gasteiger partial charge in [0, 0.05) is 16.4 Å². The van der Waals surface area contributed by atoms with Crippen molar-refractivity contribution >= 4 is 5.97 Å². The molecule has 0 aromatic heterocycles. The molecule has 14 nitrogen and oxygen atoms in total. The van der Waals surface area contributed by atoms with E-state index >= 15 is 0 Å². The third-order valence-corrected chi connectivity index (χ3v) is 17.2. The van der Waals surface area contributed by atoms with Gasteiger partial charge in [-0.25, -0.2) is 4.79 Å². The van der Waals surface area contributed by atoms with Crippen LogP contribution in [0.3, 0.4) is 0 Å². The molecule has 14 heteroatoms. The zero-order chi connectivity index (χ0) is 40.2. The van der Waals surface area contributed by atoms with E-state index in [1.54, 1.807) is 13.0 Å². The topological polar surface area (TPSA) is 236 Å². The van der Waals surface area contributed by atoms with Crippen LogP contribution >= 0.6 is 0 Å². The van der Waals surface area contributed by atoms with Gasteiger partial charge in [-0.1, -0.05) is 40.7 Å². The first-order valence-electron chi connectivity index (χ1n) is 20.6. The molecule has 20 atom stereocenters. The van der Waals surface area contributed by atoms with Crippen molar-refractivity contribution in [3.63, 3.8) is 0 Å². The molecule has 314 valence electrons. The molecule has 5 aliphatic carbocycles. The second-order valence-corrected chi connectivity index (χ2v) is 19.6. The van der Waals surface area contributed by atoms with Crippen molar-refractivity contribution in [3.8, 4) is 0 Å². The number of ether oxygens (including phenoxy) is 4. The van der Waals surface area contributed by atoms with Gasteiger partial charge in [0.25, 0.3) is 0 Å². The number of aliphatic hydroxyl groups excluding tert-OH is 8. The van der Waals surface area contributed by atoms with Crippen molar-refractivity contribution in [2.45, 2.75) is 173 Å². The van der Waals surface area contributed by atoms with Crippen LogP contribution in [0.2, 0.25) is 0 Å². The minimum absolute atomic E-state index is 0.0392. The highest BCUT2D eigenvalue weighted by atomic mass is 16.8. The maximum Gasteiger partial charge on any atom is 0.330 e. The molecule has 5 saturated carbocycles. The number of carboxylic acids is 1. The molecule has 0 radical (unpaired) electrons.